The summed E-state index contributed by atoms with van der Waals surface area (Å²) in [6, 6.07) is -1.08. The van der Waals surface area contributed by atoms with Crippen molar-refractivity contribution in [3.05, 3.63) is 0 Å². The van der Waals surface area contributed by atoms with Gasteiger partial charge in [-0.15, -0.1) is 0 Å². The van der Waals surface area contributed by atoms with E-state index in [1.54, 1.807) is 41.5 Å². The molecule has 0 spiro atoms. The highest BCUT2D eigenvalue weighted by atomic mass is 16.6. The molecule has 23 heavy (non-hydrogen) atoms. The lowest BCUT2D eigenvalue weighted by molar-refractivity contribution is -0.168. The minimum atomic E-state index is -1.08. The number of imide groups is 1. The Morgan fingerprint density at radius 1 is 1.04 bits per heavy atom. The van der Waals surface area contributed by atoms with Crippen LogP contribution < -0.4 is 0 Å². The van der Waals surface area contributed by atoms with Crippen LogP contribution >= 0.6 is 0 Å². The predicted molar refractivity (Wildman–Crippen MR) is 81.5 cm³/mol. The van der Waals surface area contributed by atoms with Gasteiger partial charge in [0, 0.05) is 0 Å². The zero-order valence-corrected chi connectivity index (χ0v) is 14.5. The fourth-order valence-electron chi connectivity index (χ4n) is 2.17. The predicted octanol–water partition coefficient (Wildman–Crippen LogP) is 2.07. The molecule has 0 saturated carbocycles. The number of amides is 2. The molecule has 1 heterocycles. The Morgan fingerprint density at radius 2 is 1.57 bits per heavy atom. The normalized spacial score (nSPS) is 22.5. The highest BCUT2D eigenvalue weighted by Gasteiger charge is 2.45. The van der Waals surface area contributed by atoms with Crippen LogP contribution in [0.5, 0.6) is 0 Å². The van der Waals surface area contributed by atoms with E-state index in [1.807, 2.05) is 0 Å². The molecule has 1 unspecified atom stereocenters. The lowest BCUT2D eigenvalue weighted by Crippen LogP contribution is -2.56. The fraction of sp³-hybridized carbons (Fsp3) is 0.750. The first-order valence-corrected chi connectivity index (χ1v) is 7.60. The maximum absolute atomic E-state index is 12.4. The molecule has 7 nitrogen and oxygen atoms in total. The van der Waals surface area contributed by atoms with Gasteiger partial charge >= 0.3 is 12.1 Å². The average molecular weight is 327 g/mol. The summed E-state index contributed by atoms with van der Waals surface area (Å²) in [5, 5.41) is 0. The van der Waals surface area contributed by atoms with Crippen LogP contribution in [0.25, 0.3) is 0 Å². The molecule has 0 aromatic heterocycles. The van der Waals surface area contributed by atoms with Gasteiger partial charge < -0.3 is 14.3 Å². The van der Waals surface area contributed by atoms with E-state index in [1.165, 1.54) is 0 Å². The van der Waals surface area contributed by atoms with Crippen molar-refractivity contribution < 1.29 is 28.7 Å². The summed E-state index contributed by atoms with van der Waals surface area (Å²) in [5.41, 5.74) is -1.58. The van der Waals surface area contributed by atoms with Gasteiger partial charge in [0.15, 0.2) is 0 Å². The van der Waals surface area contributed by atoms with Gasteiger partial charge in [-0.2, -0.15) is 0 Å². The molecule has 0 aromatic carbocycles. The molecule has 7 heteroatoms. The highest BCUT2D eigenvalue weighted by molar-refractivity contribution is 6.03. The van der Waals surface area contributed by atoms with Crippen LogP contribution in [0.1, 0.15) is 54.4 Å². The van der Waals surface area contributed by atoms with Crippen LogP contribution in [0.3, 0.4) is 0 Å². The summed E-state index contributed by atoms with van der Waals surface area (Å²) in [6.07, 6.45) is -0.0789. The van der Waals surface area contributed by atoms with Crippen LogP contribution in [0.4, 0.5) is 4.79 Å². The van der Waals surface area contributed by atoms with Crippen molar-refractivity contribution >= 4 is 24.3 Å². The Morgan fingerprint density at radius 3 is 2.00 bits per heavy atom. The minimum absolute atomic E-state index is 0.170. The molecule has 1 aliphatic rings. The molecule has 1 rings (SSSR count). The van der Waals surface area contributed by atoms with E-state index in [-0.39, 0.29) is 12.8 Å². The first-order chi connectivity index (χ1) is 10.4. The Kier molecular flexibility index (Phi) is 5.56. The van der Waals surface area contributed by atoms with Gasteiger partial charge in [-0.1, -0.05) is 0 Å². The topological polar surface area (TPSA) is 90.0 Å². The summed E-state index contributed by atoms with van der Waals surface area (Å²) >= 11 is 0. The van der Waals surface area contributed by atoms with E-state index in [9.17, 15) is 19.2 Å². The number of hydrogen-bond donors (Lipinski definition) is 0. The van der Waals surface area contributed by atoms with Crippen molar-refractivity contribution in [1.29, 1.82) is 0 Å². The van der Waals surface area contributed by atoms with Gasteiger partial charge in [-0.25, -0.2) is 14.5 Å². The Labute approximate surface area is 136 Å². The van der Waals surface area contributed by atoms with Crippen molar-refractivity contribution in [2.24, 2.45) is 5.92 Å². The van der Waals surface area contributed by atoms with E-state index < -0.39 is 41.1 Å². The Hall–Kier alpha value is -1.92. The smallest absolute Gasteiger partial charge is 0.417 e. The number of hydrogen-bond acceptors (Lipinski definition) is 6. The highest BCUT2D eigenvalue weighted by Crippen LogP contribution is 2.26. The van der Waals surface area contributed by atoms with Gasteiger partial charge in [0.05, 0.1) is 5.92 Å². The van der Waals surface area contributed by atoms with Crippen LogP contribution in [-0.2, 0) is 23.9 Å². The van der Waals surface area contributed by atoms with Crippen molar-refractivity contribution in [3.8, 4) is 0 Å². The maximum Gasteiger partial charge on any atom is 0.417 e. The zero-order chi connectivity index (χ0) is 18.0. The summed E-state index contributed by atoms with van der Waals surface area (Å²) in [4.78, 5) is 48.7. The zero-order valence-electron chi connectivity index (χ0n) is 14.5. The number of likely N-dealkylation sites (tertiary alicyclic amines) is 1. The first kappa shape index (κ1) is 19.1. The molecule has 1 aliphatic heterocycles. The lowest BCUT2D eigenvalue weighted by Gasteiger charge is -2.36. The fourth-order valence-corrected chi connectivity index (χ4v) is 2.17. The van der Waals surface area contributed by atoms with Gasteiger partial charge in [0.1, 0.15) is 23.5 Å². The summed E-state index contributed by atoms with van der Waals surface area (Å²) in [6.45, 7) is 10.0. The second-order valence-corrected chi connectivity index (χ2v) is 7.56. The number of nitrogens with zero attached hydrogens (tertiary/aromatic N) is 1. The SMILES string of the molecule is CC(C)(C)OC(=O)[C@@H]1CCC(C=O)C(=O)N1C(=O)OC(C)(C)C. The minimum Gasteiger partial charge on any atom is -0.458 e. The molecular formula is C16H25NO6. The third-order valence-corrected chi connectivity index (χ3v) is 3.05. The van der Waals surface area contributed by atoms with Crippen molar-refractivity contribution in [1.82, 2.24) is 4.90 Å². The first-order valence-electron chi connectivity index (χ1n) is 7.60. The van der Waals surface area contributed by atoms with Crippen LogP contribution in [0.15, 0.2) is 0 Å². The molecule has 1 saturated heterocycles. The number of ether oxygens (including phenoxy) is 2. The quantitative estimate of drug-likeness (QED) is 0.438. The molecule has 0 aliphatic carbocycles. The van der Waals surface area contributed by atoms with Gasteiger partial charge in [0.2, 0.25) is 5.91 Å². The number of rotatable bonds is 2. The second kappa shape index (κ2) is 6.68. The van der Waals surface area contributed by atoms with Gasteiger partial charge in [-0.3, -0.25) is 4.79 Å². The standard InChI is InChI=1S/C16H25NO6/c1-15(2,3)22-13(20)11-8-7-10(9-18)12(19)17(11)14(21)23-16(4,5)6/h9-11H,7-8H2,1-6H3/t10?,11-/m0/s1. The largest absolute Gasteiger partial charge is 0.458 e. The molecule has 0 N–H and O–H groups in total. The Bertz CT molecular complexity index is 500. The molecule has 2 atom stereocenters. The molecule has 1 fully saturated rings. The Balaban J connectivity index is 3.06. The van der Waals surface area contributed by atoms with Crippen LogP contribution in [0.2, 0.25) is 0 Å². The number of aldehydes is 1. The van der Waals surface area contributed by atoms with E-state index >= 15 is 0 Å². The average Bonchev–Trinajstić information content (AvgIpc) is 2.33. The molecule has 0 aromatic rings. The maximum atomic E-state index is 12.4. The molecule has 0 radical (unpaired) electrons. The van der Waals surface area contributed by atoms with Crippen molar-refractivity contribution in [3.63, 3.8) is 0 Å². The van der Waals surface area contributed by atoms with Crippen molar-refractivity contribution in [2.45, 2.75) is 71.6 Å². The van der Waals surface area contributed by atoms with Crippen LogP contribution in [-0.4, -0.2) is 46.4 Å². The lowest BCUT2D eigenvalue weighted by atomic mass is 9.93. The van der Waals surface area contributed by atoms with Crippen LogP contribution in [0, 0.1) is 5.92 Å². The van der Waals surface area contributed by atoms with Gasteiger partial charge in [0.25, 0.3) is 0 Å². The van der Waals surface area contributed by atoms with E-state index in [0.29, 0.717) is 6.29 Å². The third kappa shape index (κ3) is 5.33. The third-order valence-electron chi connectivity index (χ3n) is 3.05. The van der Waals surface area contributed by atoms with E-state index in [4.69, 9.17) is 9.47 Å². The molecule has 130 valence electrons. The van der Waals surface area contributed by atoms with Crippen molar-refractivity contribution in [2.75, 3.05) is 0 Å². The van der Waals surface area contributed by atoms with E-state index in [0.717, 1.165) is 4.90 Å². The second-order valence-electron chi connectivity index (χ2n) is 7.56. The number of carbonyl (C=O) groups is 4. The van der Waals surface area contributed by atoms with E-state index in [2.05, 4.69) is 0 Å². The number of piperidine rings is 1. The number of carbonyl (C=O) groups excluding carboxylic acids is 4. The summed E-state index contributed by atoms with van der Waals surface area (Å²) in [7, 11) is 0. The summed E-state index contributed by atoms with van der Waals surface area (Å²) < 4.78 is 10.5. The summed E-state index contributed by atoms with van der Waals surface area (Å²) in [5.74, 6) is -2.35. The molecule has 0 bridgehead atoms. The molecular weight excluding hydrogens is 302 g/mol. The molecule has 2 amide bonds. The van der Waals surface area contributed by atoms with Gasteiger partial charge in [-0.05, 0) is 54.4 Å². The number of esters is 1. The monoisotopic (exact) mass is 327 g/mol.